The van der Waals surface area contributed by atoms with Crippen LogP contribution in [0.1, 0.15) is 33.1 Å². The number of piperidine rings is 1. The molecule has 70 valence electrons. The molecule has 0 aromatic rings. The van der Waals surface area contributed by atoms with Gasteiger partial charge in [-0.05, 0) is 37.1 Å². The predicted octanol–water partition coefficient (Wildman–Crippen LogP) is 2.37. The van der Waals surface area contributed by atoms with Gasteiger partial charge in [-0.25, -0.2) is 0 Å². The molecule has 1 nitrogen and oxygen atoms in total. The minimum atomic E-state index is 0.758. The van der Waals surface area contributed by atoms with Gasteiger partial charge in [0.1, 0.15) is 0 Å². The Morgan fingerprint density at radius 3 is 2.58 bits per heavy atom. The molecule has 1 aliphatic heterocycles. The first-order valence-electron chi connectivity index (χ1n) is 5.35. The third kappa shape index (κ3) is 1.28. The Morgan fingerprint density at radius 2 is 2.08 bits per heavy atom. The van der Waals surface area contributed by atoms with Gasteiger partial charge in [-0.15, -0.1) is 0 Å². The molecule has 0 N–H and O–H groups in total. The molecule has 1 aliphatic carbocycles. The number of rotatable bonds is 1. The average molecular weight is 167 g/mol. The van der Waals surface area contributed by atoms with Gasteiger partial charge in [-0.1, -0.05) is 20.3 Å². The van der Waals surface area contributed by atoms with Crippen LogP contribution in [-0.2, 0) is 0 Å². The summed E-state index contributed by atoms with van der Waals surface area (Å²) in [5.74, 6) is 1.99. The second-order valence-electron chi connectivity index (χ2n) is 5.14. The van der Waals surface area contributed by atoms with Gasteiger partial charge in [0.25, 0.3) is 0 Å². The van der Waals surface area contributed by atoms with Crippen LogP contribution < -0.4 is 0 Å². The van der Waals surface area contributed by atoms with E-state index in [0.717, 1.165) is 17.3 Å². The van der Waals surface area contributed by atoms with Crippen LogP contribution in [0.2, 0.25) is 0 Å². The number of hydrogen-bond acceptors (Lipinski definition) is 1. The fourth-order valence-electron chi connectivity index (χ4n) is 3.08. The van der Waals surface area contributed by atoms with Crippen molar-refractivity contribution in [1.29, 1.82) is 0 Å². The van der Waals surface area contributed by atoms with Crippen molar-refractivity contribution in [3.63, 3.8) is 0 Å². The van der Waals surface area contributed by atoms with Gasteiger partial charge in [0.15, 0.2) is 0 Å². The Morgan fingerprint density at radius 1 is 1.42 bits per heavy atom. The average Bonchev–Trinajstić information content (AvgIpc) is 2.59. The van der Waals surface area contributed by atoms with E-state index in [1.54, 1.807) is 0 Å². The van der Waals surface area contributed by atoms with E-state index < -0.39 is 0 Å². The minimum Gasteiger partial charge on any atom is -0.306 e. The molecule has 1 heterocycles. The van der Waals surface area contributed by atoms with Gasteiger partial charge in [-0.3, -0.25) is 0 Å². The standard InChI is InChI=1S/C11H21N/c1-4-10-6-11(5-9(11)2)8-12(3)7-10/h9-10H,4-8H2,1-3H3. The zero-order valence-corrected chi connectivity index (χ0v) is 8.64. The molecule has 0 aromatic heterocycles. The lowest BCUT2D eigenvalue weighted by Gasteiger charge is -2.36. The van der Waals surface area contributed by atoms with Crippen LogP contribution in [0.4, 0.5) is 0 Å². The highest BCUT2D eigenvalue weighted by Gasteiger charge is 2.53. The van der Waals surface area contributed by atoms with E-state index in [1.165, 1.54) is 32.4 Å². The summed E-state index contributed by atoms with van der Waals surface area (Å²) in [6.45, 7) is 7.46. The summed E-state index contributed by atoms with van der Waals surface area (Å²) in [6, 6.07) is 0. The molecule has 1 saturated carbocycles. The van der Waals surface area contributed by atoms with Crippen LogP contribution in [0.15, 0.2) is 0 Å². The monoisotopic (exact) mass is 167 g/mol. The molecular formula is C11H21N. The van der Waals surface area contributed by atoms with Gasteiger partial charge in [0, 0.05) is 13.1 Å². The van der Waals surface area contributed by atoms with Gasteiger partial charge in [0.2, 0.25) is 0 Å². The van der Waals surface area contributed by atoms with Crippen molar-refractivity contribution in [3.05, 3.63) is 0 Å². The predicted molar refractivity (Wildman–Crippen MR) is 52.1 cm³/mol. The summed E-state index contributed by atoms with van der Waals surface area (Å²) in [7, 11) is 2.29. The van der Waals surface area contributed by atoms with E-state index in [0.29, 0.717) is 0 Å². The van der Waals surface area contributed by atoms with Crippen LogP contribution in [0.3, 0.4) is 0 Å². The van der Waals surface area contributed by atoms with E-state index in [4.69, 9.17) is 0 Å². The molecule has 3 atom stereocenters. The van der Waals surface area contributed by atoms with Crippen molar-refractivity contribution in [2.45, 2.75) is 33.1 Å². The van der Waals surface area contributed by atoms with E-state index >= 15 is 0 Å². The molecule has 0 amide bonds. The number of nitrogens with zero attached hydrogens (tertiary/aromatic N) is 1. The van der Waals surface area contributed by atoms with Crippen molar-refractivity contribution >= 4 is 0 Å². The summed E-state index contributed by atoms with van der Waals surface area (Å²) in [6.07, 6.45) is 4.38. The van der Waals surface area contributed by atoms with Crippen LogP contribution in [0.25, 0.3) is 0 Å². The molecule has 0 bridgehead atoms. The van der Waals surface area contributed by atoms with Crippen LogP contribution in [0.5, 0.6) is 0 Å². The second-order valence-corrected chi connectivity index (χ2v) is 5.14. The van der Waals surface area contributed by atoms with E-state index in [9.17, 15) is 0 Å². The Labute approximate surface area is 76.1 Å². The summed E-state index contributed by atoms with van der Waals surface area (Å²) < 4.78 is 0. The van der Waals surface area contributed by atoms with Crippen molar-refractivity contribution in [2.75, 3.05) is 20.1 Å². The summed E-state index contributed by atoms with van der Waals surface area (Å²) in [5.41, 5.74) is 0.758. The summed E-state index contributed by atoms with van der Waals surface area (Å²) in [5, 5.41) is 0. The molecule has 0 aromatic carbocycles. The van der Waals surface area contributed by atoms with Gasteiger partial charge in [0.05, 0.1) is 0 Å². The first kappa shape index (κ1) is 8.55. The molecule has 12 heavy (non-hydrogen) atoms. The Hall–Kier alpha value is -0.0400. The summed E-state index contributed by atoms with van der Waals surface area (Å²) >= 11 is 0. The van der Waals surface area contributed by atoms with E-state index in [1.807, 2.05) is 0 Å². The summed E-state index contributed by atoms with van der Waals surface area (Å²) in [4.78, 5) is 2.54. The Bertz CT molecular complexity index is 178. The lowest BCUT2D eigenvalue weighted by Crippen LogP contribution is -2.39. The molecule has 1 saturated heterocycles. The molecule has 2 aliphatic rings. The van der Waals surface area contributed by atoms with Crippen molar-refractivity contribution in [1.82, 2.24) is 4.90 Å². The van der Waals surface area contributed by atoms with Crippen LogP contribution in [-0.4, -0.2) is 25.0 Å². The fourth-order valence-corrected chi connectivity index (χ4v) is 3.08. The van der Waals surface area contributed by atoms with E-state index in [2.05, 4.69) is 25.8 Å². The normalized spacial score (nSPS) is 48.2. The largest absolute Gasteiger partial charge is 0.306 e. The van der Waals surface area contributed by atoms with Crippen LogP contribution in [0, 0.1) is 17.3 Å². The zero-order chi connectivity index (χ0) is 8.77. The van der Waals surface area contributed by atoms with Crippen LogP contribution >= 0.6 is 0 Å². The second kappa shape index (κ2) is 2.73. The molecule has 0 radical (unpaired) electrons. The highest BCUT2D eigenvalue weighted by molar-refractivity contribution is 5.04. The fraction of sp³-hybridized carbons (Fsp3) is 1.00. The maximum Gasteiger partial charge on any atom is 0.00378 e. The Kier molecular flexibility index (Phi) is 1.95. The van der Waals surface area contributed by atoms with Crippen molar-refractivity contribution in [3.8, 4) is 0 Å². The molecule has 3 unspecified atom stereocenters. The SMILES string of the molecule is CCC1CN(C)CC2(C1)CC2C. The molecule has 1 spiro atoms. The van der Waals surface area contributed by atoms with E-state index in [-0.39, 0.29) is 0 Å². The molecule has 1 heteroatoms. The lowest BCUT2D eigenvalue weighted by molar-refractivity contribution is 0.125. The maximum absolute atomic E-state index is 2.54. The maximum atomic E-state index is 2.54. The Balaban J connectivity index is 2.00. The lowest BCUT2D eigenvalue weighted by atomic mass is 9.84. The van der Waals surface area contributed by atoms with Gasteiger partial charge in [-0.2, -0.15) is 0 Å². The smallest absolute Gasteiger partial charge is 0.00378 e. The zero-order valence-electron chi connectivity index (χ0n) is 8.64. The van der Waals surface area contributed by atoms with Gasteiger partial charge < -0.3 is 4.90 Å². The van der Waals surface area contributed by atoms with Crippen molar-refractivity contribution in [2.24, 2.45) is 17.3 Å². The minimum absolute atomic E-state index is 0.758. The topological polar surface area (TPSA) is 3.24 Å². The number of likely N-dealkylation sites (tertiary alicyclic amines) is 1. The number of hydrogen-bond donors (Lipinski definition) is 0. The molecule has 2 rings (SSSR count). The first-order valence-corrected chi connectivity index (χ1v) is 5.35. The highest BCUT2D eigenvalue weighted by Crippen LogP contribution is 2.58. The third-order valence-corrected chi connectivity index (χ3v) is 4.03. The third-order valence-electron chi connectivity index (χ3n) is 4.03. The van der Waals surface area contributed by atoms with Gasteiger partial charge >= 0.3 is 0 Å². The quantitative estimate of drug-likeness (QED) is 0.579. The first-order chi connectivity index (χ1) is 5.66. The van der Waals surface area contributed by atoms with Crippen molar-refractivity contribution < 1.29 is 0 Å². The molecular weight excluding hydrogens is 146 g/mol. The molecule has 2 fully saturated rings. The highest BCUT2D eigenvalue weighted by atomic mass is 15.1.